The average Bonchev–Trinajstić information content (AvgIpc) is 2.19. The van der Waals surface area contributed by atoms with E-state index in [1.54, 1.807) is 0 Å². The molecule has 4 heteroatoms. The monoisotopic (exact) mass is 193 g/mol. The molecule has 0 amide bonds. The predicted octanol–water partition coefficient (Wildman–Crippen LogP) is 0.932. The third-order valence-corrected chi connectivity index (χ3v) is 1.49. The maximum atomic E-state index is 12.7. The number of ether oxygens (including phenoxy) is 1. The molecule has 0 heterocycles. The van der Waals surface area contributed by atoms with E-state index in [1.807, 2.05) is 0 Å². The Morgan fingerprint density at radius 3 is 2.86 bits per heavy atom. The summed E-state index contributed by atoms with van der Waals surface area (Å²) in [5.41, 5.74) is 5.77. The molecule has 0 fully saturated rings. The lowest BCUT2D eigenvalue weighted by atomic mass is 10.2. The van der Waals surface area contributed by atoms with E-state index in [0.717, 1.165) is 0 Å². The number of halogens is 1. The molecule has 0 bridgehead atoms. The molecule has 0 aliphatic carbocycles. The predicted molar refractivity (Wildman–Crippen MR) is 49.7 cm³/mol. The molecule has 3 nitrogen and oxygen atoms in total. The van der Waals surface area contributed by atoms with Gasteiger partial charge in [-0.3, -0.25) is 0 Å². The summed E-state index contributed by atoms with van der Waals surface area (Å²) < 4.78 is 17.0. The number of esters is 1. The van der Waals surface area contributed by atoms with Crippen molar-refractivity contribution < 1.29 is 13.9 Å². The van der Waals surface area contributed by atoms with E-state index in [0.29, 0.717) is 5.56 Å². The fraction of sp³-hybridized carbons (Fsp3) is 0.100. The Morgan fingerprint density at radius 2 is 2.29 bits per heavy atom. The molecule has 0 saturated carbocycles. The van der Waals surface area contributed by atoms with E-state index in [2.05, 4.69) is 16.6 Å². The molecule has 0 radical (unpaired) electrons. The molecule has 0 atom stereocenters. The van der Waals surface area contributed by atoms with E-state index >= 15 is 0 Å². The summed E-state index contributed by atoms with van der Waals surface area (Å²) in [4.78, 5) is 10.6. The first kappa shape index (κ1) is 10.1. The maximum absolute atomic E-state index is 12.7. The van der Waals surface area contributed by atoms with Crippen LogP contribution in [0.4, 0.5) is 10.1 Å². The van der Waals surface area contributed by atoms with Crippen LogP contribution in [0.3, 0.4) is 0 Å². The number of rotatable bonds is 0. The van der Waals surface area contributed by atoms with Gasteiger partial charge >= 0.3 is 5.97 Å². The van der Waals surface area contributed by atoms with Gasteiger partial charge in [0.2, 0.25) is 0 Å². The minimum atomic E-state index is -0.645. The number of nitrogens with two attached hydrogens (primary N) is 1. The first-order valence-electron chi connectivity index (χ1n) is 3.78. The second-order valence-corrected chi connectivity index (χ2v) is 2.48. The van der Waals surface area contributed by atoms with Crippen molar-refractivity contribution in [2.24, 2.45) is 0 Å². The van der Waals surface area contributed by atoms with E-state index in [-0.39, 0.29) is 5.69 Å². The van der Waals surface area contributed by atoms with Gasteiger partial charge in [-0.2, -0.15) is 0 Å². The van der Waals surface area contributed by atoms with Crippen LogP contribution in [0, 0.1) is 17.7 Å². The van der Waals surface area contributed by atoms with Crippen LogP contribution in [-0.4, -0.2) is 13.1 Å². The Hall–Kier alpha value is -2.02. The van der Waals surface area contributed by atoms with Gasteiger partial charge in [0.05, 0.1) is 12.8 Å². The van der Waals surface area contributed by atoms with Crippen LogP contribution in [-0.2, 0) is 9.53 Å². The van der Waals surface area contributed by atoms with Crippen LogP contribution < -0.4 is 5.73 Å². The highest BCUT2D eigenvalue weighted by atomic mass is 19.1. The lowest BCUT2D eigenvalue weighted by Gasteiger charge is -1.95. The molecule has 1 aromatic carbocycles. The maximum Gasteiger partial charge on any atom is 0.384 e. The molecule has 0 unspecified atom stereocenters. The molecule has 1 aromatic rings. The molecule has 0 aromatic heterocycles. The zero-order valence-corrected chi connectivity index (χ0v) is 7.50. The number of benzene rings is 1. The first-order chi connectivity index (χ1) is 6.63. The van der Waals surface area contributed by atoms with Gasteiger partial charge in [-0.25, -0.2) is 9.18 Å². The van der Waals surface area contributed by atoms with E-state index in [9.17, 15) is 9.18 Å². The number of methoxy groups -OCH3 is 1. The highest BCUT2D eigenvalue weighted by molar-refractivity contribution is 5.89. The van der Waals surface area contributed by atoms with Gasteiger partial charge in [-0.15, -0.1) is 0 Å². The van der Waals surface area contributed by atoms with Crippen molar-refractivity contribution in [1.82, 2.24) is 0 Å². The quantitative estimate of drug-likeness (QED) is 0.379. The minimum Gasteiger partial charge on any atom is -0.459 e. The zero-order valence-electron chi connectivity index (χ0n) is 7.50. The van der Waals surface area contributed by atoms with Crippen molar-refractivity contribution in [2.75, 3.05) is 12.8 Å². The smallest absolute Gasteiger partial charge is 0.384 e. The summed E-state index contributed by atoms with van der Waals surface area (Å²) in [5, 5.41) is 0. The van der Waals surface area contributed by atoms with Gasteiger partial charge in [-0.05, 0) is 18.2 Å². The number of hydrogen-bond donors (Lipinski definition) is 1. The Kier molecular flexibility index (Phi) is 3.08. The van der Waals surface area contributed by atoms with Crippen molar-refractivity contribution in [2.45, 2.75) is 0 Å². The average molecular weight is 193 g/mol. The van der Waals surface area contributed by atoms with Gasteiger partial charge in [0.1, 0.15) is 5.82 Å². The van der Waals surface area contributed by atoms with Crippen LogP contribution in [0.25, 0.3) is 0 Å². The highest BCUT2D eigenvalue weighted by Gasteiger charge is 1.97. The first-order valence-corrected chi connectivity index (χ1v) is 3.78. The largest absolute Gasteiger partial charge is 0.459 e. The standard InChI is InChI=1S/C10H8FNO2/c1-14-10(13)5-3-7-2-4-8(11)9(12)6-7/h2,4,6H,12H2,1H3. The minimum absolute atomic E-state index is 0.00154. The Balaban J connectivity index is 2.91. The summed E-state index contributed by atoms with van der Waals surface area (Å²) in [5.74, 6) is 3.55. The van der Waals surface area contributed by atoms with Gasteiger partial charge < -0.3 is 10.5 Å². The molecular formula is C10H8FNO2. The number of hydrogen-bond acceptors (Lipinski definition) is 3. The van der Waals surface area contributed by atoms with Crippen molar-refractivity contribution in [3.63, 3.8) is 0 Å². The second kappa shape index (κ2) is 4.28. The lowest BCUT2D eigenvalue weighted by Crippen LogP contribution is -1.95. The normalized spacial score (nSPS) is 8.71. The van der Waals surface area contributed by atoms with Gasteiger partial charge in [0.15, 0.2) is 0 Å². The molecule has 0 spiro atoms. The number of anilines is 1. The second-order valence-electron chi connectivity index (χ2n) is 2.48. The van der Waals surface area contributed by atoms with Crippen molar-refractivity contribution >= 4 is 11.7 Å². The van der Waals surface area contributed by atoms with E-state index < -0.39 is 11.8 Å². The zero-order chi connectivity index (χ0) is 10.6. The third-order valence-electron chi connectivity index (χ3n) is 1.49. The SMILES string of the molecule is COC(=O)C#Cc1ccc(F)c(N)c1. The molecule has 2 N–H and O–H groups in total. The van der Waals surface area contributed by atoms with Crippen LogP contribution in [0.5, 0.6) is 0 Å². The summed E-state index contributed by atoms with van der Waals surface area (Å²) in [6.45, 7) is 0. The van der Waals surface area contributed by atoms with Crippen molar-refractivity contribution in [3.05, 3.63) is 29.6 Å². The van der Waals surface area contributed by atoms with Gasteiger partial charge in [-0.1, -0.05) is 5.92 Å². The number of carbonyl (C=O) groups is 1. The van der Waals surface area contributed by atoms with Crippen LogP contribution in [0.1, 0.15) is 5.56 Å². The molecule has 1 rings (SSSR count). The third kappa shape index (κ3) is 2.49. The molecule has 72 valence electrons. The lowest BCUT2D eigenvalue weighted by molar-refractivity contribution is -0.133. The van der Waals surface area contributed by atoms with E-state index in [1.165, 1.54) is 25.3 Å². The summed E-state index contributed by atoms with van der Waals surface area (Å²) in [6.07, 6.45) is 0. The fourth-order valence-electron chi connectivity index (χ4n) is 0.796. The fourth-order valence-corrected chi connectivity index (χ4v) is 0.796. The van der Waals surface area contributed by atoms with E-state index in [4.69, 9.17) is 5.73 Å². The van der Waals surface area contributed by atoms with Gasteiger partial charge in [0, 0.05) is 11.5 Å². The van der Waals surface area contributed by atoms with Crippen LogP contribution >= 0.6 is 0 Å². The number of carbonyl (C=O) groups excluding carboxylic acids is 1. The summed E-state index contributed by atoms with van der Waals surface area (Å²) >= 11 is 0. The molecule has 14 heavy (non-hydrogen) atoms. The summed E-state index contributed by atoms with van der Waals surface area (Å²) in [7, 11) is 1.23. The summed E-state index contributed by atoms with van der Waals surface area (Å²) in [6, 6.07) is 3.98. The van der Waals surface area contributed by atoms with Crippen LogP contribution in [0.2, 0.25) is 0 Å². The van der Waals surface area contributed by atoms with Crippen molar-refractivity contribution in [1.29, 1.82) is 0 Å². The Bertz CT molecular complexity index is 418. The highest BCUT2D eigenvalue weighted by Crippen LogP contribution is 2.10. The molecular weight excluding hydrogens is 185 g/mol. The molecule has 0 aliphatic heterocycles. The Morgan fingerprint density at radius 1 is 1.57 bits per heavy atom. The molecule has 0 saturated heterocycles. The van der Waals surface area contributed by atoms with Gasteiger partial charge in [0.25, 0.3) is 0 Å². The number of nitrogen functional groups attached to an aromatic ring is 1. The van der Waals surface area contributed by atoms with Crippen molar-refractivity contribution in [3.8, 4) is 11.8 Å². The topological polar surface area (TPSA) is 52.3 Å². The molecule has 0 aliphatic rings. The Labute approximate surface area is 80.7 Å². The van der Waals surface area contributed by atoms with Crippen LogP contribution in [0.15, 0.2) is 18.2 Å².